The van der Waals surface area contributed by atoms with E-state index in [0.717, 1.165) is 32.4 Å². The van der Waals surface area contributed by atoms with Crippen molar-refractivity contribution in [2.45, 2.75) is 66.4 Å². The van der Waals surface area contributed by atoms with Gasteiger partial charge in [-0.3, -0.25) is 0 Å². The van der Waals surface area contributed by atoms with Gasteiger partial charge in [0.2, 0.25) is 0 Å². The lowest BCUT2D eigenvalue weighted by Gasteiger charge is -2.27. The first-order chi connectivity index (χ1) is 7.80. The predicted molar refractivity (Wildman–Crippen MR) is 72.2 cm³/mol. The molecule has 3 heteroatoms. The molecule has 1 atom stereocenters. The van der Waals surface area contributed by atoms with Gasteiger partial charge in [0.05, 0.1) is 0 Å². The van der Waals surface area contributed by atoms with Gasteiger partial charge in [0.25, 0.3) is 0 Å². The summed E-state index contributed by atoms with van der Waals surface area (Å²) in [4.78, 5) is 13.8. The van der Waals surface area contributed by atoms with Gasteiger partial charge < -0.3 is 9.64 Å². The third kappa shape index (κ3) is 8.06. The number of carbonyl (C=O) groups is 1. The Balaban J connectivity index is 4.26. The van der Waals surface area contributed by atoms with Crippen molar-refractivity contribution in [2.24, 2.45) is 5.92 Å². The topological polar surface area (TPSA) is 29.5 Å². The SMILES string of the molecule is CCCN(CC[C@H](C)CC)C(=O)OC(C)(C)C. The van der Waals surface area contributed by atoms with Crippen LogP contribution >= 0.6 is 0 Å². The van der Waals surface area contributed by atoms with Gasteiger partial charge in [-0.15, -0.1) is 0 Å². The minimum Gasteiger partial charge on any atom is -0.444 e. The molecule has 0 rings (SSSR count). The van der Waals surface area contributed by atoms with Crippen LogP contribution in [-0.2, 0) is 4.74 Å². The van der Waals surface area contributed by atoms with E-state index in [4.69, 9.17) is 4.74 Å². The Morgan fingerprint density at radius 3 is 2.24 bits per heavy atom. The summed E-state index contributed by atoms with van der Waals surface area (Å²) in [6.45, 7) is 13.8. The molecule has 0 saturated heterocycles. The minimum absolute atomic E-state index is 0.178. The molecule has 0 N–H and O–H groups in total. The Kier molecular flexibility index (Phi) is 7.24. The molecular formula is C14H29NO2. The van der Waals surface area contributed by atoms with Crippen molar-refractivity contribution in [3.8, 4) is 0 Å². The fraction of sp³-hybridized carbons (Fsp3) is 0.929. The summed E-state index contributed by atoms with van der Waals surface area (Å²) in [7, 11) is 0. The molecular weight excluding hydrogens is 214 g/mol. The Morgan fingerprint density at radius 1 is 1.24 bits per heavy atom. The second kappa shape index (κ2) is 7.57. The number of hydrogen-bond donors (Lipinski definition) is 0. The Hall–Kier alpha value is -0.730. The highest BCUT2D eigenvalue weighted by atomic mass is 16.6. The summed E-state index contributed by atoms with van der Waals surface area (Å²) >= 11 is 0. The van der Waals surface area contributed by atoms with Gasteiger partial charge in [-0.05, 0) is 39.5 Å². The lowest BCUT2D eigenvalue weighted by atomic mass is 10.1. The molecule has 3 nitrogen and oxygen atoms in total. The lowest BCUT2D eigenvalue weighted by Crippen LogP contribution is -2.38. The molecule has 0 aliphatic rings. The van der Waals surface area contributed by atoms with Crippen LogP contribution in [0.3, 0.4) is 0 Å². The van der Waals surface area contributed by atoms with E-state index in [1.165, 1.54) is 0 Å². The average Bonchev–Trinajstić information content (AvgIpc) is 2.20. The molecule has 0 unspecified atom stereocenters. The van der Waals surface area contributed by atoms with Crippen LogP contribution in [0.25, 0.3) is 0 Å². The van der Waals surface area contributed by atoms with Crippen LogP contribution in [-0.4, -0.2) is 29.7 Å². The molecule has 0 fully saturated rings. The number of nitrogens with zero attached hydrogens (tertiary/aromatic N) is 1. The molecule has 0 aromatic carbocycles. The van der Waals surface area contributed by atoms with Crippen molar-refractivity contribution >= 4 is 6.09 Å². The van der Waals surface area contributed by atoms with Crippen LogP contribution in [0.2, 0.25) is 0 Å². The molecule has 0 aliphatic heterocycles. The highest BCUT2D eigenvalue weighted by Gasteiger charge is 2.21. The first-order valence-corrected chi connectivity index (χ1v) is 6.78. The van der Waals surface area contributed by atoms with E-state index in [-0.39, 0.29) is 6.09 Å². The zero-order valence-corrected chi connectivity index (χ0v) is 12.4. The molecule has 0 heterocycles. The molecule has 0 bridgehead atoms. The fourth-order valence-electron chi connectivity index (χ4n) is 1.47. The second-order valence-electron chi connectivity index (χ2n) is 5.77. The quantitative estimate of drug-likeness (QED) is 0.703. The van der Waals surface area contributed by atoms with Crippen LogP contribution in [0.5, 0.6) is 0 Å². The number of amides is 1. The van der Waals surface area contributed by atoms with E-state index in [1.54, 1.807) is 0 Å². The first kappa shape index (κ1) is 16.3. The van der Waals surface area contributed by atoms with Crippen molar-refractivity contribution in [1.82, 2.24) is 4.90 Å². The fourth-order valence-corrected chi connectivity index (χ4v) is 1.47. The molecule has 1 amide bonds. The van der Waals surface area contributed by atoms with Gasteiger partial charge in [0.1, 0.15) is 5.60 Å². The van der Waals surface area contributed by atoms with E-state index >= 15 is 0 Å². The Labute approximate surface area is 107 Å². The molecule has 0 radical (unpaired) electrons. The van der Waals surface area contributed by atoms with Gasteiger partial charge in [-0.1, -0.05) is 27.2 Å². The van der Waals surface area contributed by atoms with Crippen molar-refractivity contribution in [1.29, 1.82) is 0 Å². The molecule has 0 aliphatic carbocycles. The van der Waals surface area contributed by atoms with Gasteiger partial charge in [-0.2, -0.15) is 0 Å². The summed E-state index contributed by atoms with van der Waals surface area (Å²) in [6.07, 6.45) is 3.01. The molecule has 0 saturated carbocycles. The van der Waals surface area contributed by atoms with Crippen molar-refractivity contribution in [3.05, 3.63) is 0 Å². The number of carbonyl (C=O) groups excluding carboxylic acids is 1. The Morgan fingerprint density at radius 2 is 1.82 bits per heavy atom. The predicted octanol–water partition coefficient (Wildman–Crippen LogP) is 4.07. The molecule has 17 heavy (non-hydrogen) atoms. The van der Waals surface area contributed by atoms with Crippen molar-refractivity contribution in [2.75, 3.05) is 13.1 Å². The summed E-state index contributed by atoms with van der Waals surface area (Å²) in [5, 5.41) is 0. The van der Waals surface area contributed by atoms with Crippen LogP contribution in [0.15, 0.2) is 0 Å². The largest absolute Gasteiger partial charge is 0.444 e. The van der Waals surface area contributed by atoms with Crippen LogP contribution in [0.4, 0.5) is 4.79 Å². The summed E-state index contributed by atoms with van der Waals surface area (Å²) < 4.78 is 5.41. The zero-order chi connectivity index (χ0) is 13.5. The number of rotatable bonds is 6. The number of ether oxygens (including phenoxy) is 1. The van der Waals surface area contributed by atoms with E-state index in [1.807, 2.05) is 25.7 Å². The van der Waals surface area contributed by atoms with Crippen molar-refractivity contribution < 1.29 is 9.53 Å². The number of hydrogen-bond acceptors (Lipinski definition) is 2. The molecule has 0 spiro atoms. The maximum atomic E-state index is 12.0. The Bertz CT molecular complexity index is 221. The molecule has 0 aromatic heterocycles. The smallest absolute Gasteiger partial charge is 0.410 e. The second-order valence-corrected chi connectivity index (χ2v) is 5.77. The maximum absolute atomic E-state index is 12.0. The zero-order valence-electron chi connectivity index (χ0n) is 12.4. The monoisotopic (exact) mass is 243 g/mol. The van der Waals surface area contributed by atoms with Gasteiger partial charge in [0, 0.05) is 13.1 Å². The summed E-state index contributed by atoms with van der Waals surface area (Å²) in [5.74, 6) is 0.664. The van der Waals surface area contributed by atoms with Crippen LogP contribution in [0, 0.1) is 5.92 Å². The third-order valence-electron chi connectivity index (χ3n) is 2.73. The summed E-state index contributed by atoms with van der Waals surface area (Å²) in [6, 6.07) is 0. The van der Waals surface area contributed by atoms with E-state index in [2.05, 4.69) is 20.8 Å². The maximum Gasteiger partial charge on any atom is 0.410 e. The van der Waals surface area contributed by atoms with Crippen LogP contribution in [0.1, 0.15) is 60.8 Å². The first-order valence-electron chi connectivity index (χ1n) is 6.78. The molecule has 0 aromatic rings. The molecule has 102 valence electrons. The van der Waals surface area contributed by atoms with Gasteiger partial charge in [-0.25, -0.2) is 4.79 Å². The van der Waals surface area contributed by atoms with Crippen LogP contribution < -0.4 is 0 Å². The van der Waals surface area contributed by atoms with Crippen molar-refractivity contribution in [3.63, 3.8) is 0 Å². The van der Waals surface area contributed by atoms with Gasteiger partial charge >= 0.3 is 6.09 Å². The summed E-state index contributed by atoms with van der Waals surface area (Å²) in [5.41, 5.74) is -0.403. The highest BCUT2D eigenvalue weighted by molar-refractivity contribution is 5.68. The van der Waals surface area contributed by atoms with E-state index < -0.39 is 5.60 Å². The minimum atomic E-state index is -0.403. The highest BCUT2D eigenvalue weighted by Crippen LogP contribution is 2.13. The lowest BCUT2D eigenvalue weighted by molar-refractivity contribution is 0.0241. The third-order valence-corrected chi connectivity index (χ3v) is 2.73. The van der Waals surface area contributed by atoms with Gasteiger partial charge in [0.15, 0.2) is 0 Å². The van der Waals surface area contributed by atoms with E-state index in [0.29, 0.717) is 5.92 Å². The standard InChI is InChI=1S/C14H29NO2/c1-7-10-15(11-9-12(3)8-2)13(16)17-14(4,5)6/h12H,7-11H2,1-6H3/t12-/m1/s1. The average molecular weight is 243 g/mol. The van der Waals surface area contributed by atoms with E-state index in [9.17, 15) is 4.79 Å². The normalized spacial score (nSPS) is 13.3.